The van der Waals surface area contributed by atoms with Crippen LogP contribution in [0.5, 0.6) is 5.75 Å². The van der Waals surface area contributed by atoms with Crippen molar-refractivity contribution in [2.45, 2.75) is 44.9 Å². The molecule has 1 aliphatic rings. The van der Waals surface area contributed by atoms with Crippen LogP contribution in [-0.2, 0) is 4.79 Å². The number of aromatic amines is 1. The number of nitrogens with one attached hydrogen (secondary N) is 1. The third-order valence-corrected chi connectivity index (χ3v) is 6.75. The number of para-hydroxylation sites is 1. The van der Waals surface area contributed by atoms with Gasteiger partial charge in [0.05, 0.1) is 11.2 Å². The normalized spacial score (nSPS) is 18.7. The third kappa shape index (κ3) is 3.67. The second-order valence-corrected chi connectivity index (χ2v) is 8.96. The molecule has 1 aliphatic carbocycles. The van der Waals surface area contributed by atoms with E-state index in [1.54, 1.807) is 16.6 Å². The van der Waals surface area contributed by atoms with Crippen LogP contribution in [0.4, 0.5) is 5.82 Å². The molecule has 1 saturated carbocycles. The van der Waals surface area contributed by atoms with E-state index in [1.807, 2.05) is 24.1 Å². The Morgan fingerprint density at radius 3 is 2.82 bits per heavy atom. The summed E-state index contributed by atoms with van der Waals surface area (Å²) in [5.74, 6) is 1.87. The van der Waals surface area contributed by atoms with Crippen LogP contribution in [0, 0.1) is 5.92 Å². The minimum atomic E-state index is 0.0693. The van der Waals surface area contributed by atoms with Crippen LogP contribution in [0.15, 0.2) is 30.6 Å². The Morgan fingerprint density at radius 2 is 2.09 bits per heavy atom. The lowest BCUT2D eigenvalue weighted by molar-refractivity contribution is -0.135. The number of carbonyl (C=O) groups excluding carboxylic acids is 1. The molecular weight excluding hydrogens is 418 g/mol. The summed E-state index contributed by atoms with van der Waals surface area (Å²) < 4.78 is 1.79. The molecule has 0 unspecified atom stereocenters. The molecule has 33 heavy (non-hydrogen) atoms. The van der Waals surface area contributed by atoms with Gasteiger partial charge in [0.2, 0.25) is 5.91 Å². The molecule has 0 atom stereocenters. The van der Waals surface area contributed by atoms with Crippen molar-refractivity contribution in [3.05, 3.63) is 36.4 Å². The minimum absolute atomic E-state index is 0.0693. The van der Waals surface area contributed by atoms with Crippen molar-refractivity contribution in [1.82, 2.24) is 29.5 Å². The van der Waals surface area contributed by atoms with Crippen molar-refractivity contribution >= 4 is 28.1 Å². The van der Waals surface area contributed by atoms with Gasteiger partial charge in [-0.25, -0.2) is 14.5 Å². The summed E-state index contributed by atoms with van der Waals surface area (Å²) in [5, 5.41) is 15.6. The number of nitrogen functional groups attached to an aromatic ring is 1. The molecule has 0 aliphatic heterocycles. The van der Waals surface area contributed by atoms with Crippen molar-refractivity contribution in [3.63, 3.8) is 0 Å². The van der Waals surface area contributed by atoms with Crippen molar-refractivity contribution in [2.24, 2.45) is 5.92 Å². The van der Waals surface area contributed by atoms with Gasteiger partial charge >= 0.3 is 0 Å². The number of fused-ring (bicyclic) bond motifs is 2. The van der Waals surface area contributed by atoms with E-state index in [0.29, 0.717) is 22.5 Å². The number of nitrogens with zero attached hydrogens (tertiary/aromatic N) is 5. The molecule has 0 spiro atoms. The highest BCUT2D eigenvalue weighted by Crippen LogP contribution is 2.39. The van der Waals surface area contributed by atoms with Crippen LogP contribution in [0.25, 0.3) is 27.8 Å². The summed E-state index contributed by atoms with van der Waals surface area (Å²) >= 11 is 0. The van der Waals surface area contributed by atoms with Gasteiger partial charge in [0.1, 0.15) is 29.1 Å². The highest BCUT2D eigenvalue weighted by Gasteiger charge is 2.32. The van der Waals surface area contributed by atoms with E-state index in [-0.39, 0.29) is 23.5 Å². The zero-order valence-corrected chi connectivity index (χ0v) is 19.0. The van der Waals surface area contributed by atoms with Gasteiger partial charge in [-0.3, -0.25) is 4.79 Å². The summed E-state index contributed by atoms with van der Waals surface area (Å²) in [6.45, 7) is 2.88. The average Bonchev–Trinajstić information content (AvgIpc) is 3.42. The molecule has 5 rings (SSSR count). The van der Waals surface area contributed by atoms with Crippen molar-refractivity contribution in [1.29, 1.82) is 0 Å². The molecule has 0 saturated heterocycles. The van der Waals surface area contributed by atoms with Gasteiger partial charge in [0.25, 0.3) is 0 Å². The maximum Gasteiger partial charge on any atom is 0.225 e. The van der Waals surface area contributed by atoms with Crippen molar-refractivity contribution in [3.8, 4) is 17.1 Å². The number of aromatic nitrogens is 5. The molecule has 0 radical (unpaired) electrons. The lowest BCUT2D eigenvalue weighted by Gasteiger charge is -2.29. The highest BCUT2D eigenvalue weighted by atomic mass is 16.3. The Balaban J connectivity index is 1.49. The van der Waals surface area contributed by atoms with E-state index in [9.17, 15) is 9.90 Å². The smallest absolute Gasteiger partial charge is 0.225 e. The van der Waals surface area contributed by atoms with E-state index in [2.05, 4.69) is 22.0 Å². The van der Waals surface area contributed by atoms with Gasteiger partial charge in [-0.05, 0) is 44.2 Å². The fourth-order valence-electron chi connectivity index (χ4n) is 5.05. The zero-order chi connectivity index (χ0) is 23.1. The first-order valence-corrected chi connectivity index (χ1v) is 11.5. The van der Waals surface area contributed by atoms with Crippen LogP contribution in [0.1, 0.15) is 50.8 Å². The molecule has 1 amide bonds. The topological polar surface area (TPSA) is 125 Å². The Kier molecular flexibility index (Phi) is 5.39. The quantitative estimate of drug-likeness (QED) is 0.428. The summed E-state index contributed by atoms with van der Waals surface area (Å²) in [4.78, 5) is 27.0. The SMILES string of the molecule is CCCN(C)C(=O)C1CCC(c2nc(-c3cc4cccc(O)c4[nH]3)c3c(N)ncnn23)CC1. The Labute approximate surface area is 191 Å². The van der Waals surface area contributed by atoms with Crippen LogP contribution in [0.3, 0.4) is 0 Å². The number of nitrogens with two attached hydrogens (primary N) is 1. The molecule has 172 valence electrons. The van der Waals surface area contributed by atoms with E-state index in [0.717, 1.165) is 55.6 Å². The number of benzene rings is 1. The molecule has 1 aromatic carbocycles. The maximum atomic E-state index is 12.7. The van der Waals surface area contributed by atoms with Gasteiger partial charge in [0.15, 0.2) is 5.82 Å². The Morgan fingerprint density at radius 1 is 1.30 bits per heavy atom. The molecule has 3 heterocycles. The molecule has 0 bridgehead atoms. The summed E-state index contributed by atoms with van der Waals surface area (Å²) in [5.41, 5.74) is 8.98. The fourth-order valence-corrected chi connectivity index (χ4v) is 5.05. The molecular formula is C24H29N7O2. The summed E-state index contributed by atoms with van der Waals surface area (Å²) in [7, 11) is 1.89. The number of phenols is 1. The predicted octanol–water partition coefficient (Wildman–Crippen LogP) is 3.70. The first-order chi connectivity index (χ1) is 16.0. The highest BCUT2D eigenvalue weighted by molar-refractivity contribution is 5.93. The van der Waals surface area contributed by atoms with Crippen molar-refractivity contribution < 1.29 is 9.90 Å². The lowest BCUT2D eigenvalue weighted by atomic mass is 9.81. The van der Waals surface area contributed by atoms with E-state index < -0.39 is 0 Å². The number of hydrogen-bond acceptors (Lipinski definition) is 6. The predicted molar refractivity (Wildman–Crippen MR) is 127 cm³/mol. The number of rotatable bonds is 5. The lowest BCUT2D eigenvalue weighted by Crippen LogP contribution is -2.35. The maximum absolute atomic E-state index is 12.7. The molecule has 4 N–H and O–H groups in total. The third-order valence-electron chi connectivity index (χ3n) is 6.75. The van der Waals surface area contributed by atoms with E-state index >= 15 is 0 Å². The van der Waals surface area contributed by atoms with E-state index in [1.165, 1.54) is 6.33 Å². The van der Waals surface area contributed by atoms with Gasteiger partial charge in [-0.1, -0.05) is 19.1 Å². The summed E-state index contributed by atoms with van der Waals surface area (Å²) in [6.07, 6.45) is 5.82. The number of imidazole rings is 1. The number of carbonyl (C=O) groups is 1. The number of phenolic OH excluding ortho intramolecular Hbond substituents is 1. The molecule has 9 nitrogen and oxygen atoms in total. The number of H-pyrrole nitrogens is 1. The summed E-state index contributed by atoms with van der Waals surface area (Å²) in [6, 6.07) is 7.34. The minimum Gasteiger partial charge on any atom is -0.506 e. The largest absolute Gasteiger partial charge is 0.506 e. The van der Waals surface area contributed by atoms with E-state index in [4.69, 9.17) is 10.7 Å². The van der Waals surface area contributed by atoms with Crippen molar-refractivity contribution in [2.75, 3.05) is 19.3 Å². The number of anilines is 1. The van der Waals surface area contributed by atoms with Gasteiger partial charge in [-0.2, -0.15) is 5.10 Å². The first-order valence-electron chi connectivity index (χ1n) is 11.5. The second-order valence-electron chi connectivity index (χ2n) is 8.96. The average molecular weight is 448 g/mol. The van der Waals surface area contributed by atoms with Crippen LogP contribution in [0.2, 0.25) is 0 Å². The zero-order valence-electron chi connectivity index (χ0n) is 19.0. The van der Waals surface area contributed by atoms with Crippen LogP contribution >= 0.6 is 0 Å². The van der Waals surface area contributed by atoms with Gasteiger partial charge < -0.3 is 20.7 Å². The van der Waals surface area contributed by atoms with Gasteiger partial charge in [-0.15, -0.1) is 0 Å². The number of amides is 1. The Bertz CT molecular complexity index is 1320. The van der Waals surface area contributed by atoms with Crippen LogP contribution < -0.4 is 5.73 Å². The molecule has 3 aromatic heterocycles. The molecule has 1 fully saturated rings. The van der Waals surface area contributed by atoms with Crippen LogP contribution in [-0.4, -0.2) is 54.1 Å². The second kappa shape index (κ2) is 8.38. The monoisotopic (exact) mass is 447 g/mol. The van der Waals surface area contributed by atoms with Gasteiger partial charge in [0, 0.05) is 30.8 Å². The first kappa shape index (κ1) is 21.2. The Hall–Kier alpha value is -3.62. The molecule has 4 aromatic rings. The molecule has 9 heteroatoms. The number of hydrogen-bond donors (Lipinski definition) is 3. The standard InChI is InChI=1S/C24H29N7O2/c1-3-11-30(2)24(33)15-9-7-14(8-10-15)23-29-20(21-22(25)26-13-27-31(21)23)17-12-16-5-4-6-18(32)19(16)28-17/h4-6,12-15,28,32H,3,7-11H2,1-2H3,(H2,25,26,27). The fraction of sp³-hybridized carbons (Fsp3) is 0.417. The number of aromatic hydroxyl groups is 1.